The lowest BCUT2D eigenvalue weighted by molar-refractivity contribution is 0.504. The van der Waals surface area contributed by atoms with E-state index in [1.807, 2.05) is 12.1 Å². The number of sulfonamides is 1. The van der Waals surface area contributed by atoms with E-state index in [1.54, 1.807) is 34.8 Å². The monoisotopic (exact) mass is 354 g/mol. The zero-order valence-corrected chi connectivity index (χ0v) is 13.5. The Bertz CT molecular complexity index is 906. The van der Waals surface area contributed by atoms with Gasteiger partial charge in [-0.1, -0.05) is 29.4 Å². The van der Waals surface area contributed by atoms with Gasteiger partial charge in [-0.25, -0.2) is 13.4 Å². The standard InChI is InChI=1S/C13H11ClN4O2S2/c14-11-12(18-6-7-21-13(18)16-11)22(19,20)17-10-3-1-2-9-8(10)4-5-15-9/h1-7,11-12,15,17H. The van der Waals surface area contributed by atoms with Crippen LogP contribution in [0.2, 0.25) is 0 Å². The predicted octanol–water partition coefficient (Wildman–Crippen LogP) is 2.69. The van der Waals surface area contributed by atoms with E-state index in [4.69, 9.17) is 11.6 Å². The highest BCUT2D eigenvalue weighted by Crippen LogP contribution is 2.35. The lowest BCUT2D eigenvalue weighted by atomic mass is 10.2. The summed E-state index contributed by atoms with van der Waals surface area (Å²) in [6.45, 7) is 0. The first kappa shape index (κ1) is 14.0. The van der Waals surface area contributed by atoms with Crippen LogP contribution < -0.4 is 4.72 Å². The van der Waals surface area contributed by atoms with Gasteiger partial charge in [-0.2, -0.15) is 0 Å². The van der Waals surface area contributed by atoms with Crippen LogP contribution >= 0.6 is 23.4 Å². The van der Waals surface area contributed by atoms with Gasteiger partial charge in [0.15, 0.2) is 16.0 Å². The van der Waals surface area contributed by atoms with Crippen molar-refractivity contribution in [2.75, 3.05) is 4.72 Å². The van der Waals surface area contributed by atoms with Crippen LogP contribution in [0, 0.1) is 0 Å². The highest BCUT2D eigenvalue weighted by molar-refractivity contribution is 8.16. The van der Waals surface area contributed by atoms with Crippen LogP contribution in [0.1, 0.15) is 0 Å². The van der Waals surface area contributed by atoms with Gasteiger partial charge in [-0.3, -0.25) is 4.72 Å². The second-order valence-corrected chi connectivity index (χ2v) is 7.97. The smallest absolute Gasteiger partial charge is 0.257 e. The minimum atomic E-state index is -3.73. The maximum atomic E-state index is 12.8. The molecular weight excluding hydrogens is 344 g/mol. The van der Waals surface area contributed by atoms with Crippen LogP contribution in [0.5, 0.6) is 0 Å². The number of rotatable bonds is 3. The van der Waals surface area contributed by atoms with Crippen molar-refractivity contribution in [3.05, 3.63) is 42.1 Å². The van der Waals surface area contributed by atoms with Crippen LogP contribution in [-0.2, 0) is 10.0 Å². The molecule has 2 N–H and O–H groups in total. The number of alkyl halides is 1. The quantitative estimate of drug-likeness (QED) is 0.656. The Labute approximate surface area is 136 Å². The third kappa shape index (κ3) is 2.10. The van der Waals surface area contributed by atoms with E-state index in [0.717, 1.165) is 10.9 Å². The molecular formula is C13H11ClN4O2S2. The summed E-state index contributed by atoms with van der Waals surface area (Å²) in [6.07, 6.45) is 3.45. The fourth-order valence-electron chi connectivity index (χ4n) is 2.56. The molecule has 0 spiro atoms. The number of halogens is 1. The molecule has 0 amide bonds. The number of amidine groups is 1. The summed E-state index contributed by atoms with van der Waals surface area (Å²) in [5.74, 6) is 0. The van der Waals surface area contributed by atoms with Crippen LogP contribution in [0.3, 0.4) is 0 Å². The number of aliphatic imine (C=N–C) groups is 1. The first-order chi connectivity index (χ1) is 10.6. The number of anilines is 1. The first-order valence-corrected chi connectivity index (χ1v) is 9.34. The summed E-state index contributed by atoms with van der Waals surface area (Å²) < 4.78 is 28.2. The second-order valence-electron chi connectivity index (χ2n) is 4.88. The molecule has 1 aromatic heterocycles. The minimum absolute atomic E-state index is 0.520. The van der Waals surface area contributed by atoms with Crippen LogP contribution in [0.25, 0.3) is 10.9 Å². The van der Waals surface area contributed by atoms with Crippen LogP contribution in [0.15, 0.2) is 47.1 Å². The highest BCUT2D eigenvalue weighted by atomic mass is 35.5. The van der Waals surface area contributed by atoms with E-state index < -0.39 is 20.9 Å². The van der Waals surface area contributed by atoms with Gasteiger partial charge in [0.1, 0.15) is 0 Å². The average Bonchev–Trinajstić information content (AvgIpc) is 3.12. The molecule has 0 saturated heterocycles. The molecule has 2 aliphatic heterocycles. The van der Waals surface area contributed by atoms with Crippen LogP contribution in [-0.4, -0.2) is 34.3 Å². The number of nitrogens with zero attached hydrogens (tertiary/aromatic N) is 2. The third-order valence-corrected chi connectivity index (χ3v) is 6.42. The summed E-state index contributed by atoms with van der Waals surface area (Å²) >= 11 is 7.49. The molecule has 0 aliphatic carbocycles. The molecule has 2 atom stereocenters. The van der Waals surface area contributed by atoms with E-state index in [0.29, 0.717) is 10.9 Å². The van der Waals surface area contributed by atoms with Gasteiger partial charge in [0.2, 0.25) is 0 Å². The van der Waals surface area contributed by atoms with E-state index in [-0.39, 0.29) is 0 Å². The van der Waals surface area contributed by atoms with Crippen LogP contribution in [0.4, 0.5) is 5.69 Å². The molecule has 2 aliphatic rings. The van der Waals surface area contributed by atoms with Gasteiger partial charge < -0.3 is 9.88 Å². The van der Waals surface area contributed by atoms with Crippen molar-refractivity contribution in [3.63, 3.8) is 0 Å². The lowest BCUT2D eigenvalue weighted by Crippen LogP contribution is -2.42. The molecule has 0 fully saturated rings. The number of hydrogen-bond donors (Lipinski definition) is 2. The molecule has 0 bridgehead atoms. The number of thioether (sulfide) groups is 1. The number of nitrogens with one attached hydrogen (secondary N) is 2. The SMILES string of the molecule is O=S(=O)(Nc1cccc2[nH]ccc12)C1C(Cl)N=C2SC=CN21. The van der Waals surface area contributed by atoms with Crippen molar-refractivity contribution in [3.8, 4) is 0 Å². The van der Waals surface area contributed by atoms with E-state index in [1.165, 1.54) is 11.8 Å². The van der Waals surface area contributed by atoms with Gasteiger partial charge in [-0.05, 0) is 23.6 Å². The minimum Gasteiger partial charge on any atom is -0.361 e. The summed E-state index contributed by atoms with van der Waals surface area (Å²) in [4.78, 5) is 8.81. The Kier molecular flexibility index (Phi) is 3.14. The molecule has 0 saturated carbocycles. The number of hydrogen-bond acceptors (Lipinski definition) is 5. The van der Waals surface area contributed by atoms with E-state index >= 15 is 0 Å². The second kappa shape index (κ2) is 4.94. The highest BCUT2D eigenvalue weighted by Gasteiger charge is 2.45. The van der Waals surface area contributed by atoms with Crippen molar-refractivity contribution in [1.29, 1.82) is 0 Å². The van der Waals surface area contributed by atoms with Gasteiger partial charge in [0, 0.05) is 23.3 Å². The number of benzene rings is 1. The van der Waals surface area contributed by atoms with Crippen molar-refractivity contribution in [2.45, 2.75) is 10.9 Å². The summed E-state index contributed by atoms with van der Waals surface area (Å²) in [5, 5.41) is 2.25. The van der Waals surface area contributed by atoms with Gasteiger partial charge in [0.05, 0.1) is 5.69 Å². The molecule has 114 valence electrons. The molecule has 2 unspecified atom stereocenters. The van der Waals surface area contributed by atoms with E-state index in [9.17, 15) is 8.42 Å². The molecule has 3 heterocycles. The third-order valence-electron chi connectivity index (χ3n) is 3.52. The number of fused-ring (bicyclic) bond motifs is 2. The Balaban J connectivity index is 1.70. The Morgan fingerprint density at radius 1 is 1.36 bits per heavy atom. The lowest BCUT2D eigenvalue weighted by Gasteiger charge is -2.23. The Hall–Kier alpha value is -1.64. The molecule has 4 rings (SSSR count). The fraction of sp³-hybridized carbons (Fsp3) is 0.154. The average molecular weight is 355 g/mol. The van der Waals surface area contributed by atoms with Crippen molar-refractivity contribution < 1.29 is 8.42 Å². The summed E-state index contributed by atoms with van der Waals surface area (Å²) in [5.41, 5.74) is 0.546. The molecule has 6 nitrogen and oxygen atoms in total. The van der Waals surface area contributed by atoms with Crippen molar-refractivity contribution in [2.24, 2.45) is 4.99 Å². The van der Waals surface area contributed by atoms with Gasteiger partial charge >= 0.3 is 0 Å². The van der Waals surface area contributed by atoms with E-state index in [2.05, 4.69) is 14.7 Å². The zero-order valence-electron chi connectivity index (χ0n) is 11.1. The van der Waals surface area contributed by atoms with Gasteiger partial charge in [0.25, 0.3) is 10.0 Å². The normalized spacial score (nSPS) is 23.9. The number of aromatic amines is 1. The topological polar surface area (TPSA) is 77.6 Å². The molecule has 9 heteroatoms. The molecule has 1 aromatic carbocycles. The largest absolute Gasteiger partial charge is 0.361 e. The Morgan fingerprint density at radius 2 is 2.23 bits per heavy atom. The van der Waals surface area contributed by atoms with Gasteiger partial charge in [-0.15, -0.1) is 0 Å². The van der Waals surface area contributed by atoms with Crippen molar-refractivity contribution in [1.82, 2.24) is 9.88 Å². The maximum absolute atomic E-state index is 12.8. The molecule has 0 radical (unpaired) electrons. The maximum Gasteiger partial charge on any atom is 0.257 e. The fourth-order valence-corrected chi connectivity index (χ4v) is 5.52. The summed E-state index contributed by atoms with van der Waals surface area (Å²) in [6, 6.07) is 7.22. The molecule has 22 heavy (non-hydrogen) atoms. The summed E-state index contributed by atoms with van der Waals surface area (Å²) in [7, 11) is -3.73. The number of H-pyrrole nitrogens is 1. The van der Waals surface area contributed by atoms with Crippen molar-refractivity contribution >= 4 is 55.1 Å². The molecule has 2 aromatic rings. The number of aromatic nitrogens is 1. The first-order valence-electron chi connectivity index (χ1n) is 6.47. The zero-order chi connectivity index (χ0) is 15.3. The predicted molar refractivity (Wildman–Crippen MR) is 90.3 cm³/mol. The Morgan fingerprint density at radius 3 is 3.09 bits per heavy atom.